The van der Waals surface area contributed by atoms with E-state index < -0.39 is 5.97 Å². The third-order valence-corrected chi connectivity index (χ3v) is 4.39. The number of aromatic nitrogens is 2. The fraction of sp³-hybridized carbons (Fsp3) is 0.667. The lowest BCUT2D eigenvalue weighted by Gasteiger charge is -2.38. The molecular weight excluding hydrogens is 284 g/mol. The first-order chi connectivity index (χ1) is 10.3. The highest BCUT2D eigenvalue weighted by atomic mass is 16.4. The van der Waals surface area contributed by atoms with E-state index in [1.165, 1.54) is 4.90 Å². The van der Waals surface area contributed by atoms with Gasteiger partial charge in [-0.15, -0.1) is 0 Å². The summed E-state index contributed by atoms with van der Waals surface area (Å²) >= 11 is 0. The minimum atomic E-state index is -0.968. The smallest absolute Gasteiger partial charge is 0.323 e. The third-order valence-electron chi connectivity index (χ3n) is 4.39. The summed E-state index contributed by atoms with van der Waals surface area (Å²) in [7, 11) is 0. The minimum Gasteiger partial charge on any atom is -0.480 e. The summed E-state index contributed by atoms with van der Waals surface area (Å²) in [5.74, 6) is -1.09. The molecule has 0 saturated carbocycles. The largest absolute Gasteiger partial charge is 0.480 e. The van der Waals surface area contributed by atoms with Crippen LogP contribution in [0.2, 0.25) is 0 Å². The van der Waals surface area contributed by atoms with Crippen LogP contribution in [0.3, 0.4) is 0 Å². The fourth-order valence-corrected chi connectivity index (χ4v) is 2.98. The minimum absolute atomic E-state index is 0.119. The molecule has 2 heterocycles. The lowest BCUT2D eigenvalue weighted by Crippen LogP contribution is -2.56. The molecule has 122 valence electrons. The van der Waals surface area contributed by atoms with Crippen LogP contribution in [0.25, 0.3) is 0 Å². The number of nitrogens with zero attached hydrogens (tertiary/aromatic N) is 4. The fourth-order valence-electron chi connectivity index (χ4n) is 2.98. The van der Waals surface area contributed by atoms with Gasteiger partial charge < -0.3 is 10.0 Å². The number of aryl methyl sites for hydroxylation is 2. The SMILES string of the molecule is CCn1nc(C)c(CN2CCN(CC(=O)O)C(=O)C2C)c1C. The molecule has 0 radical (unpaired) electrons. The first-order valence-corrected chi connectivity index (χ1v) is 7.62. The van der Waals surface area contributed by atoms with Crippen molar-refractivity contribution in [2.24, 2.45) is 0 Å². The molecule has 1 fully saturated rings. The number of carboxylic acid groups (broad SMARTS) is 1. The van der Waals surface area contributed by atoms with Crippen LogP contribution in [0.1, 0.15) is 30.8 Å². The number of carboxylic acids is 1. The second-order valence-corrected chi connectivity index (χ2v) is 5.77. The highest BCUT2D eigenvalue weighted by Gasteiger charge is 2.33. The van der Waals surface area contributed by atoms with Crippen molar-refractivity contribution in [1.82, 2.24) is 19.6 Å². The van der Waals surface area contributed by atoms with Crippen LogP contribution in [-0.2, 0) is 22.7 Å². The Morgan fingerprint density at radius 2 is 2.05 bits per heavy atom. The highest BCUT2D eigenvalue weighted by Crippen LogP contribution is 2.20. The van der Waals surface area contributed by atoms with Crippen molar-refractivity contribution in [3.8, 4) is 0 Å². The Labute approximate surface area is 130 Å². The van der Waals surface area contributed by atoms with Gasteiger partial charge >= 0.3 is 5.97 Å². The number of carbonyl (C=O) groups excluding carboxylic acids is 1. The summed E-state index contributed by atoms with van der Waals surface area (Å²) in [6, 6.07) is -0.308. The highest BCUT2D eigenvalue weighted by molar-refractivity contribution is 5.85. The van der Waals surface area contributed by atoms with Crippen LogP contribution in [0.15, 0.2) is 0 Å². The average Bonchev–Trinajstić information content (AvgIpc) is 2.73. The number of hydrogen-bond acceptors (Lipinski definition) is 4. The normalized spacial score (nSPS) is 19.7. The topological polar surface area (TPSA) is 78.7 Å². The van der Waals surface area contributed by atoms with E-state index in [9.17, 15) is 9.59 Å². The Kier molecular flexibility index (Phi) is 4.85. The monoisotopic (exact) mass is 308 g/mol. The van der Waals surface area contributed by atoms with Crippen molar-refractivity contribution in [2.75, 3.05) is 19.6 Å². The Balaban J connectivity index is 2.11. The zero-order valence-electron chi connectivity index (χ0n) is 13.7. The van der Waals surface area contributed by atoms with Crippen molar-refractivity contribution in [1.29, 1.82) is 0 Å². The number of amides is 1. The molecule has 1 aliphatic rings. The maximum Gasteiger partial charge on any atom is 0.323 e. The molecule has 0 spiro atoms. The lowest BCUT2D eigenvalue weighted by molar-refractivity contribution is -0.150. The molecule has 1 aromatic rings. The second-order valence-electron chi connectivity index (χ2n) is 5.77. The van der Waals surface area contributed by atoms with E-state index in [1.54, 1.807) is 0 Å². The van der Waals surface area contributed by atoms with Crippen LogP contribution in [-0.4, -0.2) is 62.2 Å². The molecule has 7 heteroatoms. The zero-order valence-corrected chi connectivity index (χ0v) is 13.7. The Bertz CT molecular complexity index is 582. The molecule has 1 saturated heterocycles. The van der Waals surface area contributed by atoms with E-state index in [1.807, 2.05) is 25.5 Å². The molecule has 22 heavy (non-hydrogen) atoms. The van der Waals surface area contributed by atoms with E-state index >= 15 is 0 Å². The maximum absolute atomic E-state index is 12.3. The number of piperazine rings is 1. The van der Waals surface area contributed by atoms with Gasteiger partial charge in [0.25, 0.3) is 0 Å². The Morgan fingerprint density at radius 3 is 2.59 bits per heavy atom. The van der Waals surface area contributed by atoms with Crippen molar-refractivity contribution in [2.45, 2.75) is 46.8 Å². The molecule has 0 aliphatic carbocycles. The van der Waals surface area contributed by atoms with Crippen molar-refractivity contribution < 1.29 is 14.7 Å². The molecule has 7 nitrogen and oxygen atoms in total. The molecule has 1 amide bonds. The third kappa shape index (κ3) is 3.14. The second kappa shape index (κ2) is 6.48. The van der Waals surface area contributed by atoms with Gasteiger partial charge in [0, 0.05) is 37.4 Å². The predicted molar refractivity (Wildman–Crippen MR) is 81.5 cm³/mol. The van der Waals surface area contributed by atoms with Gasteiger partial charge in [0.05, 0.1) is 11.7 Å². The number of carbonyl (C=O) groups is 2. The van der Waals surface area contributed by atoms with Crippen LogP contribution >= 0.6 is 0 Å². The number of hydrogen-bond donors (Lipinski definition) is 1. The van der Waals surface area contributed by atoms with Gasteiger partial charge in [-0.1, -0.05) is 0 Å². The van der Waals surface area contributed by atoms with E-state index in [4.69, 9.17) is 5.11 Å². The Morgan fingerprint density at radius 1 is 1.36 bits per heavy atom. The molecular formula is C15H24N4O3. The molecule has 0 bridgehead atoms. The Hall–Kier alpha value is -1.89. The predicted octanol–water partition coefficient (Wildman–Crippen LogP) is 0.637. The van der Waals surface area contributed by atoms with Gasteiger partial charge in [-0.3, -0.25) is 19.2 Å². The first-order valence-electron chi connectivity index (χ1n) is 7.62. The van der Waals surface area contributed by atoms with E-state index in [0.717, 1.165) is 23.5 Å². The standard InChI is InChI=1S/C15H24N4O3/c1-5-19-11(3)13(10(2)16-19)8-17-6-7-18(9-14(20)21)15(22)12(17)4/h12H,5-9H2,1-4H3,(H,20,21). The summed E-state index contributed by atoms with van der Waals surface area (Å²) in [4.78, 5) is 26.6. The van der Waals surface area contributed by atoms with Crippen molar-refractivity contribution >= 4 is 11.9 Å². The number of rotatable bonds is 5. The molecule has 1 aliphatic heterocycles. The molecule has 1 aromatic heterocycles. The average molecular weight is 308 g/mol. The summed E-state index contributed by atoms with van der Waals surface area (Å²) in [5.41, 5.74) is 3.28. The van der Waals surface area contributed by atoms with Crippen LogP contribution < -0.4 is 0 Å². The van der Waals surface area contributed by atoms with Crippen LogP contribution in [0, 0.1) is 13.8 Å². The van der Waals surface area contributed by atoms with Gasteiger partial charge in [-0.25, -0.2) is 0 Å². The number of aliphatic carboxylic acids is 1. The summed E-state index contributed by atoms with van der Waals surface area (Å²) in [6.07, 6.45) is 0. The van der Waals surface area contributed by atoms with E-state index in [-0.39, 0.29) is 18.5 Å². The van der Waals surface area contributed by atoms with Gasteiger partial charge in [0.15, 0.2) is 0 Å². The quantitative estimate of drug-likeness (QED) is 0.863. The van der Waals surface area contributed by atoms with Gasteiger partial charge in [0.2, 0.25) is 5.91 Å². The van der Waals surface area contributed by atoms with Gasteiger partial charge in [-0.05, 0) is 27.7 Å². The lowest BCUT2D eigenvalue weighted by atomic mass is 10.1. The molecule has 0 aromatic carbocycles. The summed E-state index contributed by atoms with van der Waals surface area (Å²) in [6.45, 7) is 10.3. The van der Waals surface area contributed by atoms with E-state index in [0.29, 0.717) is 19.6 Å². The summed E-state index contributed by atoms with van der Waals surface area (Å²) in [5, 5.41) is 13.4. The van der Waals surface area contributed by atoms with Crippen molar-refractivity contribution in [3.05, 3.63) is 17.0 Å². The van der Waals surface area contributed by atoms with Gasteiger partial charge in [-0.2, -0.15) is 5.10 Å². The molecule has 2 rings (SSSR count). The van der Waals surface area contributed by atoms with E-state index in [2.05, 4.69) is 16.9 Å². The first kappa shape index (κ1) is 16.5. The van der Waals surface area contributed by atoms with Crippen LogP contribution in [0.5, 0.6) is 0 Å². The summed E-state index contributed by atoms with van der Waals surface area (Å²) < 4.78 is 1.97. The molecule has 1 unspecified atom stereocenters. The zero-order chi connectivity index (χ0) is 16.4. The maximum atomic E-state index is 12.3. The van der Waals surface area contributed by atoms with Gasteiger partial charge in [0.1, 0.15) is 6.54 Å². The van der Waals surface area contributed by atoms with Crippen molar-refractivity contribution in [3.63, 3.8) is 0 Å². The molecule has 1 N–H and O–H groups in total. The van der Waals surface area contributed by atoms with Crippen LogP contribution in [0.4, 0.5) is 0 Å². The molecule has 1 atom stereocenters.